The van der Waals surface area contributed by atoms with Gasteiger partial charge in [-0.25, -0.2) is 4.79 Å². The van der Waals surface area contributed by atoms with Crippen LogP contribution in [0.2, 0.25) is 0 Å². The highest BCUT2D eigenvalue weighted by Gasteiger charge is 2.01. The number of ether oxygens (including phenoxy) is 1. The highest BCUT2D eigenvalue weighted by atomic mass is 16.5. The molecule has 16 heavy (non-hydrogen) atoms. The Morgan fingerprint density at radius 1 is 1.56 bits per heavy atom. The van der Waals surface area contributed by atoms with Gasteiger partial charge in [0.15, 0.2) is 0 Å². The maximum Gasteiger partial charge on any atom is 0.407 e. The van der Waals surface area contributed by atoms with E-state index >= 15 is 0 Å². The molecule has 0 aliphatic heterocycles. The monoisotopic (exact) mass is 221 g/mol. The fraction of sp³-hybridized carbons (Fsp3) is 0.273. The summed E-state index contributed by atoms with van der Waals surface area (Å²) in [5.41, 5.74) is 2.65. The Balaban J connectivity index is 2.71. The van der Waals surface area contributed by atoms with Gasteiger partial charge < -0.3 is 15.9 Å². The average molecular weight is 221 g/mol. The lowest BCUT2D eigenvalue weighted by Gasteiger charge is -2.05. The molecular weight excluding hydrogens is 206 g/mol. The Bertz CT molecular complexity index is 402. The minimum absolute atomic E-state index is 0.415. The third-order valence-corrected chi connectivity index (χ3v) is 2.16. The van der Waals surface area contributed by atoms with E-state index in [1.165, 1.54) is 7.11 Å². The second kappa shape index (κ2) is 5.75. The first kappa shape index (κ1) is 12.0. The minimum Gasteiger partial charge on any atom is -0.453 e. The Kier molecular flexibility index (Phi) is 4.32. The largest absolute Gasteiger partial charge is 0.453 e. The van der Waals surface area contributed by atoms with Crippen LogP contribution in [0.1, 0.15) is 18.1 Å². The van der Waals surface area contributed by atoms with Gasteiger partial charge in [0.05, 0.1) is 12.8 Å². The van der Waals surface area contributed by atoms with E-state index < -0.39 is 6.09 Å². The van der Waals surface area contributed by atoms with E-state index in [2.05, 4.69) is 15.2 Å². The number of alkyl carbamates (subject to hydrolysis) is 1. The lowest BCUT2D eigenvalue weighted by Crippen LogP contribution is -2.22. The van der Waals surface area contributed by atoms with Crippen LogP contribution in [0.15, 0.2) is 29.4 Å². The normalized spacial score (nSPS) is 11.0. The number of carbonyl (C=O) groups excluding carboxylic acids is 1. The topological polar surface area (TPSA) is 76.7 Å². The zero-order valence-corrected chi connectivity index (χ0v) is 9.36. The minimum atomic E-state index is -0.449. The molecular formula is C11H15N3O2. The first-order valence-corrected chi connectivity index (χ1v) is 4.83. The third kappa shape index (κ3) is 3.27. The van der Waals surface area contributed by atoms with Crippen molar-refractivity contribution in [3.05, 3.63) is 35.4 Å². The van der Waals surface area contributed by atoms with Crippen LogP contribution in [-0.4, -0.2) is 18.9 Å². The molecule has 1 amide bonds. The number of rotatable bonds is 3. The molecule has 0 radical (unpaired) electrons. The van der Waals surface area contributed by atoms with Crippen molar-refractivity contribution in [1.82, 2.24) is 5.32 Å². The fourth-order valence-electron chi connectivity index (χ4n) is 1.23. The van der Waals surface area contributed by atoms with Crippen molar-refractivity contribution in [2.75, 3.05) is 7.11 Å². The van der Waals surface area contributed by atoms with Gasteiger partial charge in [0.25, 0.3) is 0 Å². The Morgan fingerprint density at radius 3 is 2.94 bits per heavy atom. The molecule has 0 heterocycles. The summed E-state index contributed by atoms with van der Waals surface area (Å²) >= 11 is 0. The zero-order valence-electron chi connectivity index (χ0n) is 9.36. The Labute approximate surface area is 94.3 Å². The van der Waals surface area contributed by atoms with Gasteiger partial charge in [-0.3, -0.25) is 0 Å². The summed E-state index contributed by atoms with van der Waals surface area (Å²) < 4.78 is 4.48. The smallest absolute Gasteiger partial charge is 0.407 e. The molecule has 3 N–H and O–H groups in total. The molecule has 0 saturated heterocycles. The molecule has 1 rings (SSSR count). The van der Waals surface area contributed by atoms with Crippen molar-refractivity contribution in [3.63, 3.8) is 0 Å². The van der Waals surface area contributed by atoms with E-state index in [0.717, 1.165) is 16.8 Å². The number of hydrazone groups is 1. The molecule has 0 fully saturated rings. The number of methoxy groups -OCH3 is 1. The second-order valence-corrected chi connectivity index (χ2v) is 3.26. The lowest BCUT2D eigenvalue weighted by molar-refractivity contribution is 0.170. The summed E-state index contributed by atoms with van der Waals surface area (Å²) in [6, 6.07) is 7.62. The Hall–Kier alpha value is -2.04. The molecule has 0 aliphatic rings. The molecule has 0 saturated carbocycles. The second-order valence-electron chi connectivity index (χ2n) is 3.26. The fourth-order valence-corrected chi connectivity index (χ4v) is 1.23. The number of carbonyl (C=O) groups is 1. The van der Waals surface area contributed by atoms with Gasteiger partial charge in [0.1, 0.15) is 0 Å². The number of benzene rings is 1. The van der Waals surface area contributed by atoms with Crippen LogP contribution in [-0.2, 0) is 11.3 Å². The summed E-state index contributed by atoms with van der Waals surface area (Å²) in [6.07, 6.45) is -0.449. The van der Waals surface area contributed by atoms with Crippen LogP contribution in [0.25, 0.3) is 0 Å². The number of nitrogens with two attached hydrogens (primary N) is 1. The van der Waals surface area contributed by atoms with E-state index in [9.17, 15) is 4.79 Å². The van der Waals surface area contributed by atoms with Crippen LogP contribution in [0.4, 0.5) is 4.79 Å². The molecule has 86 valence electrons. The van der Waals surface area contributed by atoms with Gasteiger partial charge in [-0.05, 0) is 24.1 Å². The quantitative estimate of drug-likeness (QED) is 0.458. The van der Waals surface area contributed by atoms with E-state index in [4.69, 9.17) is 5.84 Å². The predicted octanol–water partition coefficient (Wildman–Crippen LogP) is 1.23. The van der Waals surface area contributed by atoms with Gasteiger partial charge >= 0.3 is 6.09 Å². The number of amides is 1. The molecule has 0 bridgehead atoms. The van der Waals surface area contributed by atoms with Crippen molar-refractivity contribution in [3.8, 4) is 0 Å². The molecule has 5 nitrogen and oxygen atoms in total. The first-order chi connectivity index (χ1) is 7.67. The van der Waals surface area contributed by atoms with Crippen molar-refractivity contribution < 1.29 is 9.53 Å². The summed E-state index contributed by atoms with van der Waals surface area (Å²) in [5.74, 6) is 5.20. The number of nitrogens with one attached hydrogen (secondary N) is 1. The van der Waals surface area contributed by atoms with Crippen LogP contribution in [0, 0.1) is 0 Å². The highest BCUT2D eigenvalue weighted by molar-refractivity contribution is 5.98. The SMILES string of the molecule is COC(=O)NCc1cccc(C(C)=NN)c1. The summed E-state index contributed by atoms with van der Waals surface area (Å²) in [5, 5.41) is 6.22. The highest BCUT2D eigenvalue weighted by Crippen LogP contribution is 2.06. The third-order valence-electron chi connectivity index (χ3n) is 2.16. The molecule has 0 spiro atoms. The average Bonchev–Trinajstić information content (AvgIpc) is 2.35. The van der Waals surface area contributed by atoms with Gasteiger partial charge in [-0.1, -0.05) is 18.2 Å². The van der Waals surface area contributed by atoms with E-state index in [1.807, 2.05) is 31.2 Å². The molecule has 0 aromatic heterocycles. The number of hydrogen-bond acceptors (Lipinski definition) is 4. The summed E-state index contributed by atoms with van der Waals surface area (Å²) in [6.45, 7) is 2.24. The van der Waals surface area contributed by atoms with E-state index in [0.29, 0.717) is 6.54 Å². The Morgan fingerprint density at radius 2 is 2.31 bits per heavy atom. The van der Waals surface area contributed by atoms with Gasteiger partial charge in [-0.15, -0.1) is 0 Å². The first-order valence-electron chi connectivity index (χ1n) is 4.83. The van der Waals surface area contributed by atoms with E-state index in [1.54, 1.807) is 0 Å². The van der Waals surface area contributed by atoms with Crippen molar-refractivity contribution in [1.29, 1.82) is 0 Å². The summed E-state index contributed by atoms with van der Waals surface area (Å²) in [7, 11) is 1.33. The van der Waals surface area contributed by atoms with Crippen molar-refractivity contribution in [2.45, 2.75) is 13.5 Å². The van der Waals surface area contributed by atoms with Crippen LogP contribution in [0.3, 0.4) is 0 Å². The maximum absolute atomic E-state index is 10.9. The van der Waals surface area contributed by atoms with Gasteiger partial charge in [-0.2, -0.15) is 5.10 Å². The lowest BCUT2D eigenvalue weighted by atomic mass is 10.1. The maximum atomic E-state index is 10.9. The standard InChI is InChI=1S/C11H15N3O2/c1-8(14-12)10-5-3-4-9(6-10)7-13-11(15)16-2/h3-6H,7,12H2,1-2H3,(H,13,15). The predicted molar refractivity (Wildman–Crippen MR) is 62.1 cm³/mol. The molecule has 0 aliphatic carbocycles. The summed E-state index contributed by atoms with van der Waals surface area (Å²) in [4.78, 5) is 10.9. The van der Waals surface area contributed by atoms with Crippen molar-refractivity contribution in [2.24, 2.45) is 10.9 Å². The van der Waals surface area contributed by atoms with Crippen LogP contribution in [0.5, 0.6) is 0 Å². The van der Waals surface area contributed by atoms with E-state index in [-0.39, 0.29) is 0 Å². The number of nitrogens with zero attached hydrogens (tertiary/aromatic N) is 1. The zero-order chi connectivity index (χ0) is 12.0. The van der Waals surface area contributed by atoms with Crippen LogP contribution >= 0.6 is 0 Å². The van der Waals surface area contributed by atoms with Crippen molar-refractivity contribution >= 4 is 11.8 Å². The molecule has 1 aromatic carbocycles. The van der Waals surface area contributed by atoms with Gasteiger partial charge in [0, 0.05) is 6.54 Å². The molecule has 0 unspecified atom stereocenters. The molecule has 1 aromatic rings. The van der Waals surface area contributed by atoms with Gasteiger partial charge in [0.2, 0.25) is 0 Å². The van der Waals surface area contributed by atoms with Crippen LogP contribution < -0.4 is 11.2 Å². The molecule has 0 atom stereocenters. The molecule has 5 heteroatoms. The number of hydrogen-bond donors (Lipinski definition) is 2.